The maximum atomic E-state index is 12.5. The van der Waals surface area contributed by atoms with Crippen molar-refractivity contribution in [2.24, 2.45) is 0 Å². The van der Waals surface area contributed by atoms with Crippen LogP contribution in [-0.4, -0.2) is 47.7 Å². The number of pyridine rings is 1. The molecule has 1 amide bonds. The van der Waals surface area contributed by atoms with Crippen LogP contribution in [0.3, 0.4) is 0 Å². The van der Waals surface area contributed by atoms with E-state index in [4.69, 9.17) is 0 Å². The van der Waals surface area contributed by atoms with Crippen LogP contribution in [0.5, 0.6) is 0 Å². The Balaban J connectivity index is 1.47. The Morgan fingerprint density at radius 3 is 2.19 bits per heavy atom. The Kier molecular flexibility index (Phi) is 5.87. The summed E-state index contributed by atoms with van der Waals surface area (Å²) in [5, 5.41) is 0. The van der Waals surface area contributed by atoms with E-state index >= 15 is 0 Å². The smallest absolute Gasteiger partial charge is 0.233 e. The van der Waals surface area contributed by atoms with Crippen LogP contribution in [0.15, 0.2) is 53.7 Å². The molecule has 0 aliphatic carbocycles. The Labute approximate surface area is 160 Å². The highest BCUT2D eigenvalue weighted by Crippen LogP contribution is 2.26. The van der Waals surface area contributed by atoms with Crippen LogP contribution in [0.25, 0.3) is 0 Å². The van der Waals surface area contributed by atoms with E-state index in [0.717, 1.165) is 31.1 Å². The van der Waals surface area contributed by atoms with Crippen LogP contribution < -0.4 is 4.90 Å². The van der Waals surface area contributed by atoms with Crippen molar-refractivity contribution in [1.29, 1.82) is 0 Å². The summed E-state index contributed by atoms with van der Waals surface area (Å²) in [6.45, 7) is 9.95. The van der Waals surface area contributed by atoms with Crippen molar-refractivity contribution in [3.05, 3.63) is 54.4 Å². The van der Waals surface area contributed by atoms with E-state index in [1.165, 1.54) is 11.3 Å². The van der Waals surface area contributed by atoms with Crippen LogP contribution in [0.4, 0.5) is 5.69 Å². The standard InChI is InChI=1S/C21H27N3OS/c1-21(2,3)17-4-6-19(7-5-17)26-16-20(25)24-14-12-23(13-15-24)18-8-10-22-11-9-18/h4-11H,12-16H2,1-3H3. The summed E-state index contributed by atoms with van der Waals surface area (Å²) in [6.07, 6.45) is 3.63. The van der Waals surface area contributed by atoms with Crippen molar-refractivity contribution in [1.82, 2.24) is 9.88 Å². The first-order valence-corrected chi connectivity index (χ1v) is 10.1. The van der Waals surface area contributed by atoms with E-state index in [1.807, 2.05) is 29.4 Å². The van der Waals surface area contributed by atoms with E-state index in [1.54, 1.807) is 11.8 Å². The zero-order chi connectivity index (χ0) is 18.6. The number of anilines is 1. The fourth-order valence-electron chi connectivity index (χ4n) is 3.06. The van der Waals surface area contributed by atoms with Gasteiger partial charge in [-0.05, 0) is 35.2 Å². The third kappa shape index (κ3) is 4.79. The molecule has 0 atom stereocenters. The lowest BCUT2D eigenvalue weighted by Crippen LogP contribution is -2.49. The molecule has 0 saturated carbocycles. The zero-order valence-corrected chi connectivity index (χ0v) is 16.6. The van der Waals surface area contributed by atoms with E-state index in [2.05, 4.69) is 54.9 Å². The van der Waals surface area contributed by atoms with Gasteiger partial charge in [-0.2, -0.15) is 0 Å². The van der Waals surface area contributed by atoms with Gasteiger partial charge in [0.1, 0.15) is 0 Å². The van der Waals surface area contributed by atoms with Crippen LogP contribution in [0, 0.1) is 0 Å². The molecule has 4 nitrogen and oxygen atoms in total. The van der Waals surface area contributed by atoms with Crippen molar-refractivity contribution in [2.75, 3.05) is 36.8 Å². The number of aromatic nitrogens is 1. The third-order valence-electron chi connectivity index (χ3n) is 4.74. The largest absolute Gasteiger partial charge is 0.368 e. The molecule has 1 saturated heterocycles. The van der Waals surface area contributed by atoms with Gasteiger partial charge in [-0.3, -0.25) is 9.78 Å². The molecule has 1 aliphatic heterocycles. The molecule has 0 spiro atoms. The van der Waals surface area contributed by atoms with Crippen LogP contribution >= 0.6 is 11.8 Å². The average molecular weight is 370 g/mol. The predicted molar refractivity (Wildman–Crippen MR) is 109 cm³/mol. The Morgan fingerprint density at radius 1 is 1.00 bits per heavy atom. The highest BCUT2D eigenvalue weighted by molar-refractivity contribution is 8.00. The van der Waals surface area contributed by atoms with Crippen molar-refractivity contribution >= 4 is 23.4 Å². The number of benzene rings is 1. The number of thioether (sulfide) groups is 1. The van der Waals surface area contributed by atoms with Gasteiger partial charge in [0.25, 0.3) is 0 Å². The minimum absolute atomic E-state index is 0.160. The fraction of sp³-hybridized carbons (Fsp3) is 0.429. The molecule has 0 unspecified atom stereocenters. The molecule has 5 heteroatoms. The first kappa shape index (κ1) is 18.8. The lowest BCUT2D eigenvalue weighted by atomic mass is 9.87. The number of rotatable bonds is 4. The second-order valence-corrected chi connectivity index (χ2v) is 8.69. The van der Waals surface area contributed by atoms with E-state index in [-0.39, 0.29) is 11.3 Å². The van der Waals surface area contributed by atoms with Crippen molar-refractivity contribution in [3.8, 4) is 0 Å². The molecule has 1 fully saturated rings. The molecule has 0 radical (unpaired) electrons. The monoisotopic (exact) mass is 369 g/mol. The average Bonchev–Trinajstić information content (AvgIpc) is 2.66. The second kappa shape index (κ2) is 8.12. The van der Waals surface area contributed by atoms with Gasteiger partial charge in [-0.1, -0.05) is 32.9 Å². The molecule has 1 aromatic heterocycles. The highest BCUT2D eigenvalue weighted by atomic mass is 32.2. The van der Waals surface area contributed by atoms with Gasteiger partial charge in [0.2, 0.25) is 5.91 Å². The number of piperazine rings is 1. The summed E-state index contributed by atoms with van der Waals surface area (Å²) >= 11 is 1.63. The van der Waals surface area contributed by atoms with E-state index in [0.29, 0.717) is 5.75 Å². The number of carbonyl (C=O) groups is 1. The van der Waals surface area contributed by atoms with Gasteiger partial charge >= 0.3 is 0 Å². The molecule has 1 aliphatic rings. The topological polar surface area (TPSA) is 36.4 Å². The normalized spacial score (nSPS) is 15.2. The summed E-state index contributed by atoms with van der Waals surface area (Å²) in [4.78, 5) is 22.0. The molecule has 0 bridgehead atoms. The van der Waals surface area contributed by atoms with Crippen LogP contribution in [0.1, 0.15) is 26.3 Å². The van der Waals surface area contributed by atoms with Gasteiger partial charge in [-0.15, -0.1) is 11.8 Å². The lowest BCUT2D eigenvalue weighted by Gasteiger charge is -2.36. The van der Waals surface area contributed by atoms with Crippen molar-refractivity contribution in [2.45, 2.75) is 31.1 Å². The number of hydrogen-bond acceptors (Lipinski definition) is 4. The summed E-state index contributed by atoms with van der Waals surface area (Å²) in [5.41, 5.74) is 2.66. The maximum Gasteiger partial charge on any atom is 0.233 e. The molecule has 26 heavy (non-hydrogen) atoms. The minimum Gasteiger partial charge on any atom is -0.368 e. The van der Waals surface area contributed by atoms with Crippen molar-refractivity contribution < 1.29 is 4.79 Å². The SMILES string of the molecule is CC(C)(C)c1ccc(SCC(=O)N2CCN(c3ccncc3)CC2)cc1. The van der Waals surface area contributed by atoms with Crippen LogP contribution in [-0.2, 0) is 10.2 Å². The van der Waals surface area contributed by atoms with Gasteiger partial charge in [0, 0.05) is 49.2 Å². The summed E-state index contributed by atoms with van der Waals surface area (Å²) in [5.74, 6) is 0.730. The number of amides is 1. The Bertz CT molecular complexity index is 717. The van der Waals surface area contributed by atoms with Crippen LogP contribution in [0.2, 0.25) is 0 Å². The summed E-state index contributed by atoms with van der Waals surface area (Å²) in [7, 11) is 0. The summed E-state index contributed by atoms with van der Waals surface area (Å²) < 4.78 is 0. The molecule has 138 valence electrons. The molecule has 1 aromatic carbocycles. The number of carbonyl (C=O) groups excluding carboxylic acids is 1. The molecular formula is C21H27N3OS. The molecule has 2 aromatic rings. The van der Waals surface area contributed by atoms with E-state index < -0.39 is 0 Å². The molecule has 3 rings (SSSR count). The van der Waals surface area contributed by atoms with E-state index in [9.17, 15) is 4.79 Å². The quantitative estimate of drug-likeness (QED) is 0.768. The number of hydrogen-bond donors (Lipinski definition) is 0. The van der Waals surface area contributed by atoms with Crippen molar-refractivity contribution in [3.63, 3.8) is 0 Å². The minimum atomic E-state index is 0.160. The third-order valence-corrected chi connectivity index (χ3v) is 5.74. The lowest BCUT2D eigenvalue weighted by molar-refractivity contribution is -0.128. The molecule has 2 heterocycles. The highest BCUT2D eigenvalue weighted by Gasteiger charge is 2.21. The Morgan fingerprint density at radius 2 is 1.62 bits per heavy atom. The van der Waals surface area contributed by atoms with Gasteiger partial charge in [0.15, 0.2) is 0 Å². The molecular weight excluding hydrogens is 342 g/mol. The first-order valence-electron chi connectivity index (χ1n) is 9.09. The van der Waals surface area contributed by atoms with Gasteiger partial charge in [0.05, 0.1) is 5.75 Å². The maximum absolute atomic E-state index is 12.5. The Hall–Kier alpha value is -2.01. The first-order chi connectivity index (χ1) is 12.4. The second-order valence-electron chi connectivity index (χ2n) is 7.64. The van der Waals surface area contributed by atoms with Gasteiger partial charge in [-0.25, -0.2) is 0 Å². The predicted octanol–water partition coefficient (Wildman–Crippen LogP) is 3.82. The fourth-order valence-corrected chi connectivity index (χ4v) is 3.86. The zero-order valence-electron chi connectivity index (χ0n) is 15.8. The molecule has 0 N–H and O–H groups in total. The summed E-state index contributed by atoms with van der Waals surface area (Å²) in [6, 6.07) is 12.6. The number of nitrogens with zero attached hydrogens (tertiary/aromatic N) is 3. The van der Waals surface area contributed by atoms with Gasteiger partial charge < -0.3 is 9.80 Å².